The van der Waals surface area contributed by atoms with Crippen molar-refractivity contribution in [1.29, 1.82) is 0 Å². The minimum Gasteiger partial charge on any atom is -0.491 e. The molecule has 0 fully saturated rings. The van der Waals surface area contributed by atoms with E-state index in [2.05, 4.69) is 18.3 Å². The molecule has 0 aromatic heterocycles. The van der Waals surface area contributed by atoms with Gasteiger partial charge in [-0.2, -0.15) is 0 Å². The molecule has 2 rings (SSSR count). The van der Waals surface area contributed by atoms with Crippen molar-refractivity contribution >= 4 is 0 Å². The van der Waals surface area contributed by atoms with E-state index in [9.17, 15) is 5.11 Å². The van der Waals surface area contributed by atoms with E-state index in [4.69, 9.17) is 4.74 Å². The van der Waals surface area contributed by atoms with Gasteiger partial charge in [-0.15, -0.1) is 0 Å². The molecule has 0 aliphatic heterocycles. The average Bonchev–Trinajstić information content (AvgIpc) is 2.57. The van der Waals surface area contributed by atoms with Gasteiger partial charge in [0.2, 0.25) is 0 Å². The average molecular weight is 285 g/mol. The van der Waals surface area contributed by atoms with Crippen LogP contribution >= 0.6 is 0 Å². The minimum absolute atomic E-state index is 0.0268. The molecule has 0 spiro atoms. The van der Waals surface area contributed by atoms with E-state index in [1.807, 2.05) is 55.6 Å². The van der Waals surface area contributed by atoms with Crippen LogP contribution in [0.3, 0.4) is 0 Å². The Kier molecular flexibility index (Phi) is 5.37. The minimum atomic E-state index is -0.594. The van der Waals surface area contributed by atoms with Crippen LogP contribution in [0.1, 0.15) is 18.1 Å². The Balaban J connectivity index is 2.17. The van der Waals surface area contributed by atoms with E-state index in [0.29, 0.717) is 6.61 Å². The fourth-order valence-corrected chi connectivity index (χ4v) is 2.33. The van der Waals surface area contributed by atoms with Crippen LogP contribution in [-0.4, -0.2) is 25.4 Å². The van der Waals surface area contributed by atoms with E-state index in [1.54, 1.807) is 0 Å². The lowest BCUT2D eigenvalue weighted by Gasteiger charge is -2.32. The molecular formula is C18H23NO2. The Labute approximate surface area is 126 Å². The molecule has 2 N–H and O–H groups in total. The van der Waals surface area contributed by atoms with Gasteiger partial charge in [0, 0.05) is 0 Å². The lowest BCUT2D eigenvalue weighted by Crippen LogP contribution is -2.48. The number of aryl methyl sites for hydroxylation is 1. The van der Waals surface area contributed by atoms with Crippen molar-refractivity contribution in [2.75, 3.05) is 20.3 Å². The lowest BCUT2D eigenvalue weighted by atomic mass is 9.92. The molecule has 0 radical (unpaired) electrons. The number of nitrogens with one attached hydrogen (secondary N) is 1. The number of hydrogen-bond acceptors (Lipinski definition) is 3. The molecule has 0 amide bonds. The predicted octanol–water partition coefficient (Wildman–Crippen LogP) is 2.74. The molecule has 0 aliphatic carbocycles. The second-order valence-corrected chi connectivity index (χ2v) is 5.15. The van der Waals surface area contributed by atoms with Gasteiger partial charge in [0.25, 0.3) is 0 Å². The summed E-state index contributed by atoms with van der Waals surface area (Å²) in [6.45, 7) is 2.47. The second-order valence-electron chi connectivity index (χ2n) is 5.15. The first-order chi connectivity index (χ1) is 10.2. The third kappa shape index (κ3) is 3.63. The van der Waals surface area contributed by atoms with Crippen LogP contribution in [0.25, 0.3) is 0 Å². The largest absolute Gasteiger partial charge is 0.491 e. The smallest absolute Gasteiger partial charge is 0.119 e. The maximum atomic E-state index is 9.87. The first kappa shape index (κ1) is 15.5. The van der Waals surface area contributed by atoms with Crippen molar-refractivity contribution < 1.29 is 9.84 Å². The Morgan fingerprint density at radius 1 is 1.10 bits per heavy atom. The van der Waals surface area contributed by atoms with Gasteiger partial charge in [-0.25, -0.2) is 0 Å². The molecule has 1 unspecified atom stereocenters. The van der Waals surface area contributed by atoms with Gasteiger partial charge in [-0.1, -0.05) is 49.4 Å². The predicted molar refractivity (Wildman–Crippen MR) is 85.6 cm³/mol. The molecule has 3 heteroatoms. The van der Waals surface area contributed by atoms with Crippen LogP contribution in [0, 0.1) is 0 Å². The summed E-state index contributed by atoms with van der Waals surface area (Å²) in [7, 11) is 1.84. The summed E-state index contributed by atoms with van der Waals surface area (Å²) in [5.74, 6) is 0.832. The van der Waals surface area contributed by atoms with Gasteiger partial charge < -0.3 is 15.2 Å². The highest BCUT2D eigenvalue weighted by Gasteiger charge is 2.30. The third-order valence-electron chi connectivity index (χ3n) is 3.87. The van der Waals surface area contributed by atoms with Crippen LogP contribution in [0.4, 0.5) is 0 Å². The first-order valence-electron chi connectivity index (χ1n) is 7.31. The van der Waals surface area contributed by atoms with Crippen LogP contribution < -0.4 is 10.1 Å². The first-order valence-corrected chi connectivity index (χ1v) is 7.31. The molecule has 1 atom stereocenters. The SMILES string of the molecule is CCc1cccc(OCC(CO)(NC)c2ccccc2)c1. The highest BCUT2D eigenvalue weighted by atomic mass is 16.5. The molecule has 2 aromatic rings. The monoisotopic (exact) mass is 285 g/mol. The van der Waals surface area contributed by atoms with Crippen molar-refractivity contribution in [1.82, 2.24) is 5.32 Å². The molecule has 0 saturated heterocycles. The highest BCUT2D eigenvalue weighted by molar-refractivity contribution is 5.30. The van der Waals surface area contributed by atoms with Crippen LogP contribution in [0.5, 0.6) is 5.75 Å². The molecule has 2 aromatic carbocycles. The normalized spacial score (nSPS) is 13.7. The van der Waals surface area contributed by atoms with Gasteiger partial charge in [0.05, 0.1) is 6.61 Å². The van der Waals surface area contributed by atoms with Gasteiger partial charge in [-0.05, 0) is 36.7 Å². The van der Waals surface area contributed by atoms with Crippen molar-refractivity contribution in [2.45, 2.75) is 18.9 Å². The number of benzene rings is 2. The number of hydrogen-bond donors (Lipinski definition) is 2. The summed E-state index contributed by atoms with van der Waals surface area (Å²) in [5.41, 5.74) is 1.66. The molecule has 3 nitrogen and oxygen atoms in total. The summed E-state index contributed by atoms with van der Waals surface area (Å²) < 4.78 is 5.93. The number of aliphatic hydroxyl groups excluding tert-OH is 1. The number of likely N-dealkylation sites (N-methyl/N-ethyl adjacent to an activating group) is 1. The maximum Gasteiger partial charge on any atom is 0.119 e. The second kappa shape index (κ2) is 7.25. The molecule has 21 heavy (non-hydrogen) atoms. The highest BCUT2D eigenvalue weighted by Crippen LogP contribution is 2.23. The van der Waals surface area contributed by atoms with Crippen LogP contribution in [0.2, 0.25) is 0 Å². The van der Waals surface area contributed by atoms with E-state index in [1.165, 1.54) is 5.56 Å². The van der Waals surface area contributed by atoms with E-state index in [-0.39, 0.29) is 6.61 Å². The number of aliphatic hydroxyl groups is 1. The standard InChI is InChI=1S/C18H23NO2/c1-3-15-8-7-11-17(12-15)21-14-18(13-20,19-2)16-9-5-4-6-10-16/h4-12,19-20H,3,13-14H2,1-2H3. The van der Waals surface area contributed by atoms with Crippen LogP contribution in [0.15, 0.2) is 54.6 Å². The summed E-state index contributed by atoms with van der Waals surface area (Å²) >= 11 is 0. The summed E-state index contributed by atoms with van der Waals surface area (Å²) in [5, 5.41) is 13.1. The Morgan fingerprint density at radius 3 is 2.48 bits per heavy atom. The fourth-order valence-electron chi connectivity index (χ4n) is 2.33. The maximum absolute atomic E-state index is 9.87. The Hall–Kier alpha value is -1.84. The van der Waals surface area contributed by atoms with Crippen molar-refractivity contribution in [2.24, 2.45) is 0 Å². The molecular weight excluding hydrogens is 262 g/mol. The molecule has 0 heterocycles. The zero-order valence-electron chi connectivity index (χ0n) is 12.7. The van der Waals surface area contributed by atoms with Gasteiger partial charge >= 0.3 is 0 Å². The van der Waals surface area contributed by atoms with Crippen molar-refractivity contribution in [3.8, 4) is 5.75 Å². The van der Waals surface area contributed by atoms with Crippen LogP contribution in [-0.2, 0) is 12.0 Å². The topological polar surface area (TPSA) is 41.5 Å². The van der Waals surface area contributed by atoms with E-state index >= 15 is 0 Å². The van der Waals surface area contributed by atoms with Gasteiger partial charge in [-0.3, -0.25) is 0 Å². The Bertz CT molecular complexity index is 550. The molecule has 0 saturated carbocycles. The zero-order chi connectivity index (χ0) is 15.1. The number of ether oxygens (including phenoxy) is 1. The third-order valence-corrected chi connectivity index (χ3v) is 3.87. The summed E-state index contributed by atoms with van der Waals surface area (Å²) in [6, 6.07) is 18.0. The molecule has 0 aliphatic rings. The number of rotatable bonds is 7. The quantitative estimate of drug-likeness (QED) is 0.822. The molecule has 112 valence electrons. The van der Waals surface area contributed by atoms with Gasteiger partial charge in [0.1, 0.15) is 17.9 Å². The summed E-state index contributed by atoms with van der Waals surface area (Å²) in [6.07, 6.45) is 0.979. The summed E-state index contributed by atoms with van der Waals surface area (Å²) in [4.78, 5) is 0. The van der Waals surface area contributed by atoms with E-state index in [0.717, 1.165) is 17.7 Å². The molecule has 0 bridgehead atoms. The van der Waals surface area contributed by atoms with Crippen molar-refractivity contribution in [3.05, 3.63) is 65.7 Å². The van der Waals surface area contributed by atoms with E-state index < -0.39 is 5.54 Å². The fraction of sp³-hybridized carbons (Fsp3) is 0.333. The lowest BCUT2D eigenvalue weighted by molar-refractivity contribution is 0.108. The van der Waals surface area contributed by atoms with Crippen molar-refractivity contribution in [3.63, 3.8) is 0 Å². The van der Waals surface area contributed by atoms with Gasteiger partial charge in [0.15, 0.2) is 0 Å². The Morgan fingerprint density at radius 2 is 1.86 bits per heavy atom. The zero-order valence-corrected chi connectivity index (χ0v) is 12.7.